The number of hydrogen-bond donors (Lipinski definition) is 1. The average Bonchev–Trinajstić information content (AvgIpc) is 2.42. The number of hydrogen-bond acceptors (Lipinski definition) is 3. The van der Waals surface area contributed by atoms with Crippen molar-refractivity contribution in [3.63, 3.8) is 0 Å². The molecule has 0 bridgehead atoms. The molecule has 106 valence electrons. The molecule has 18 heavy (non-hydrogen) atoms. The number of ether oxygens (including phenoxy) is 1. The van der Waals surface area contributed by atoms with Crippen LogP contribution in [0.3, 0.4) is 0 Å². The molecular weight excluding hydrogens is 228 g/mol. The smallest absolute Gasteiger partial charge is 0.239 e. The van der Waals surface area contributed by atoms with Gasteiger partial charge in [0.25, 0.3) is 0 Å². The first-order valence-electron chi connectivity index (χ1n) is 7.35. The van der Waals surface area contributed by atoms with Crippen molar-refractivity contribution in [2.45, 2.75) is 52.0 Å². The van der Waals surface area contributed by atoms with Crippen molar-refractivity contribution in [1.82, 2.24) is 10.2 Å². The number of nitrogens with zero attached hydrogens (tertiary/aromatic N) is 1. The molecule has 1 N–H and O–H groups in total. The highest BCUT2D eigenvalue weighted by Gasteiger charge is 2.21. The van der Waals surface area contributed by atoms with Crippen LogP contribution in [-0.2, 0) is 9.53 Å². The third-order valence-corrected chi connectivity index (χ3v) is 3.38. The summed E-state index contributed by atoms with van der Waals surface area (Å²) in [5, 5.41) is 3.24. The topological polar surface area (TPSA) is 41.6 Å². The molecule has 1 rings (SSSR count). The lowest BCUT2D eigenvalue weighted by atomic mass is 10.1. The summed E-state index contributed by atoms with van der Waals surface area (Å²) in [6, 6.07) is -0.0853. The van der Waals surface area contributed by atoms with E-state index >= 15 is 0 Å². The Morgan fingerprint density at radius 1 is 1.28 bits per heavy atom. The highest BCUT2D eigenvalue weighted by Crippen LogP contribution is 2.09. The third kappa shape index (κ3) is 5.83. The van der Waals surface area contributed by atoms with E-state index in [4.69, 9.17) is 4.74 Å². The van der Waals surface area contributed by atoms with Gasteiger partial charge in [-0.05, 0) is 32.6 Å². The molecule has 1 unspecified atom stereocenters. The third-order valence-electron chi connectivity index (χ3n) is 3.38. The summed E-state index contributed by atoms with van der Waals surface area (Å²) in [4.78, 5) is 14.1. The van der Waals surface area contributed by atoms with Crippen molar-refractivity contribution in [2.24, 2.45) is 0 Å². The van der Waals surface area contributed by atoms with Crippen molar-refractivity contribution in [1.29, 1.82) is 0 Å². The number of piperidine rings is 1. The Morgan fingerprint density at radius 2 is 2.00 bits per heavy atom. The second-order valence-electron chi connectivity index (χ2n) is 5.03. The summed E-state index contributed by atoms with van der Waals surface area (Å²) in [6.45, 7) is 8.23. The summed E-state index contributed by atoms with van der Waals surface area (Å²) < 4.78 is 5.46. The Morgan fingerprint density at radius 3 is 2.67 bits per heavy atom. The number of nitrogens with one attached hydrogen (secondary N) is 1. The minimum atomic E-state index is -0.0853. The van der Waals surface area contributed by atoms with Crippen LogP contribution in [0.1, 0.15) is 46.0 Å². The molecule has 0 aromatic carbocycles. The second kappa shape index (κ2) is 9.34. The molecule has 1 aliphatic rings. The molecule has 1 fully saturated rings. The molecule has 4 heteroatoms. The lowest BCUT2D eigenvalue weighted by Crippen LogP contribution is -2.47. The Hall–Kier alpha value is -0.610. The van der Waals surface area contributed by atoms with Gasteiger partial charge in [0.05, 0.1) is 12.6 Å². The van der Waals surface area contributed by atoms with Gasteiger partial charge in [-0.1, -0.05) is 13.3 Å². The van der Waals surface area contributed by atoms with Crippen molar-refractivity contribution < 1.29 is 9.53 Å². The van der Waals surface area contributed by atoms with Crippen LogP contribution in [0.25, 0.3) is 0 Å². The fourth-order valence-corrected chi connectivity index (χ4v) is 2.17. The van der Waals surface area contributed by atoms with E-state index in [1.807, 2.05) is 11.8 Å². The minimum Gasteiger partial charge on any atom is -0.380 e. The largest absolute Gasteiger partial charge is 0.380 e. The molecule has 0 saturated carbocycles. The highest BCUT2D eigenvalue weighted by atomic mass is 16.5. The molecule has 4 nitrogen and oxygen atoms in total. The number of carbonyl (C=O) groups excluding carboxylic acids is 1. The predicted octanol–water partition coefficient (Wildman–Crippen LogP) is 1.79. The van der Waals surface area contributed by atoms with E-state index in [9.17, 15) is 4.79 Å². The average molecular weight is 256 g/mol. The van der Waals surface area contributed by atoms with Crippen LogP contribution in [-0.4, -0.2) is 49.7 Å². The molecule has 0 radical (unpaired) electrons. The van der Waals surface area contributed by atoms with Gasteiger partial charge in [-0.2, -0.15) is 0 Å². The van der Waals surface area contributed by atoms with Crippen LogP contribution < -0.4 is 5.32 Å². The Kier molecular flexibility index (Phi) is 8.01. The summed E-state index contributed by atoms with van der Waals surface area (Å²) in [7, 11) is 0. The monoisotopic (exact) mass is 256 g/mol. The van der Waals surface area contributed by atoms with Gasteiger partial charge in [0.15, 0.2) is 0 Å². The van der Waals surface area contributed by atoms with E-state index in [-0.39, 0.29) is 11.9 Å². The highest BCUT2D eigenvalue weighted by molar-refractivity contribution is 5.81. The zero-order valence-corrected chi connectivity index (χ0v) is 11.9. The van der Waals surface area contributed by atoms with E-state index in [1.165, 1.54) is 6.42 Å². The van der Waals surface area contributed by atoms with E-state index in [2.05, 4.69) is 12.2 Å². The molecule has 1 saturated heterocycles. The van der Waals surface area contributed by atoms with E-state index < -0.39 is 0 Å². The summed E-state index contributed by atoms with van der Waals surface area (Å²) in [5.41, 5.74) is 0. The van der Waals surface area contributed by atoms with Crippen molar-refractivity contribution >= 4 is 5.91 Å². The second-order valence-corrected chi connectivity index (χ2v) is 5.03. The van der Waals surface area contributed by atoms with Crippen LogP contribution in [0.5, 0.6) is 0 Å². The van der Waals surface area contributed by atoms with Gasteiger partial charge in [0.2, 0.25) is 5.91 Å². The lowest BCUT2D eigenvalue weighted by molar-refractivity contribution is -0.133. The summed E-state index contributed by atoms with van der Waals surface area (Å²) in [6.07, 6.45) is 5.84. The first-order chi connectivity index (χ1) is 8.75. The maximum Gasteiger partial charge on any atom is 0.239 e. The van der Waals surface area contributed by atoms with Crippen LogP contribution in [0.2, 0.25) is 0 Å². The zero-order valence-electron chi connectivity index (χ0n) is 11.9. The molecular formula is C14H28N2O2. The normalized spacial score (nSPS) is 17.8. The van der Waals surface area contributed by atoms with Crippen molar-refractivity contribution in [3.05, 3.63) is 0 Å². The molecule has 1 aliphatic heterocycles. The van der Waals surface area contributed by atoms with Gasteiger partial charge in [0.1, 0.15) is 0 Å². The van der Waals surface area contributed by atoms with Gasteiger partial charge in [-0.3, -0.25) is 4.79 Å². The molecule has 1 heterocycles. The van der Waals surface area contributed by atoms with Gasteiger partial charge in [-0.15, -0.1) is 0 Å². The first kappa shape index (κ1) is 15.4. The van der Waals surface area contributed by atoms with Crippen molar-refractivity contribution in [3.8, 4) is 0 Å². The Balaban J connectivity index is 2.07. The predicted molar refractivity (Wildman–Crippen MR) is 73.6 cm³/mol. The van der Waals surface area contributed by atoms with Gasteiger partial charge in [-0.25, -0.2) is 0 Å². The van der Waals surface area contributed by atoms with Crippen LogP contribution in [0.15, 0.2) is 0 Å². The zero-order chi connectivity index (χ0) is 13.2. The molecule has 0 spiro atoms. The van der Waals surface area contributed by atoms with E-state index in [1.54, 1.807) is 0 Å². The SMILES string of the molecule is CCCCOCCNC(C)C(=O)N1CCCCC1. The molecule has 1 amide bonds. The number of likely N-dealkylation sites (tertiary alicyclic amines) is 1. The molecule has 0 aliphatic carbocycles. The van der Waals surface area contributed by atoms with Gasteiger partial charge < -0.3 is 15.0 Å². The number of rotatable bonds is 8. The quantitative estimate of drug-likeness (QED) is 0.673. The molecule has 0 aromatic rings. The van der Waals surface area contributed by atoms with Gasteiger partial charge in [0, 0.05) is 26.2 Å². The van der Waals surface area contributed by atoms with E-state index in [0.29, 0.717) is 6.61 Å². The molecule has 0 aromatic heterocycles. The van der Waals surface area contributed by atoms with Crippen LogP contribution in [0, 0.1) is 0 Å². The Labute approximate surface area is 111 Å². The minimum absolute atomic E-state index is 0.0853. The summed E-state index contributed by atoms with van der Waals surface area (Å²) in [5.74, 6) is 0.239. The summed E-state index contributed by atoms with van der Waals surface area (Å²) >= 11 is 0. The van der Waals surface area contributed by atoms with Crippen LogP contribution >= 0.6 is 0 Å². The van der Waals surface area contributed by atoms with Crippen molar-refractivity contribution in [2.75, 3.05) is 32.8 Å². The lowest BCUT2D eigenvalue weighted by Gasteiger charge is -2.29. The maximum absolute atomic E-state index is 12.1. The fraction of sp³-hybridized carbons (Fsp3) is 0.929. The number of unbranched alkanes of at least 4 members (excludes halogenated alkanes) is 1. The maximum atomic E-state index is 12.1. The number of amides is 1. The van der Waals surface area contributed by atoms with Crippen LogP contribution in [0.4, 0.5) is 0 Å². The van der Waals surface area contributed by atoms with Gasteiger partial charge >= 0.3 is 0 Å². The number of carbonyl (C=O) groups is 1. The van der Waals surface area contributed by atoms with E-state index in [0.717, 1.165) is 51.9 Å². The standard InChI is InChI=1S/C14H28N2O2/c1-3-4-11-18-12-8-15-13(2)14(17)16-9-6-5-7-10-16/h13,15H,3-12H2,1-2H3. The Bertz CT molecular complexity index is 228. The fourth-order valence-electron chi connectivity index (χ4n) is 2.17. The first-order valence-corrected chi connectivity index (χ1v) is 7.35. The molecule has 1 atom stereocenters.